The lowest BCUT2D eigenvalue weighted by molar-refractivity contribution is -0.468. The lowest BCUT2D eigenvalue weighted by Gasteiger charge is -2.30. The first-order chi connectivity index (χ1) is 10.2. The Bertz CT molecular complexity index is 546. The third-order valence-electron chi connectivity index (χ3n) is 4.24. The molecule has 0 bridgehead atoms. The Kier molecular flexibility index (Phi) is 5.32. The van der Waals surface area contributed by atoms with E-state index in [0.717, 1.165) is 17.7 Å². The van der Waals surface area contributed by atoms with Crippen molar-refractivity contribution >= 4 is 5.69 Å². The van der Waals surface area contributed by atoms with E-state index in [1.165, 1.54) is 19.3 Å². The maximum Gasteiger partial charge on any atom is 0.240 e. The Morgan fingerprint density at radius 1 is 1.24 bits per heavy atom. The van der Waals surface area contributed by atoms with E-state index in [0.29, 0.717) is 11.4 Å². The van der Waals surface area contributed by atoms with Crippen LogP contribution in [0, 0.1) is 10.6 Å². The zero-order valence-corrected chi connectivity index (χ0v) is 13.0. The number of hydroxylamine groups is 1. The van der Waals surface area contributed by atoms with Crippen LogP contribution in [0.1, 0.15) is 46.0 Å². The van der Waals surface area contributed by atoms with Gasteiger partial charge in [-0.15, -0.1) is 0 Å². The maximum atomic E-state index is 12.1. The summed E-state index contributed by atoms with van der Waals surface area (Å²) >= 11 is 0. The molecule has 0 fully saturated rings. The summed E-state index contributed by atoms with van der Waals surface area (Å²) in [7, 11) is 0. The number of allylic oxidation sites excluding steroid dienone is 3. The molecule has 1 unspecified atom stereocenters. The Labute approximate surface area is 127 Å². The molecule has 0 saturated heterocycles. The van der Waals surface area contributed by atoms with Gasteiger partial charge >= 0.3 is 0 Å². The first kappa shape index (κ1) is 15.5. The van der Waals surface area contributed by atoms with E-state index in [9.17, 15) is 5.21 Å². The third kappa shape index (κ3) is 4.03. The van der Waals surface area contributed by atoms with Gasteiger partial charge in [-0.1, -0.05) is 55.8 Å². The number of rotatable bonds is 6. The second-order valence-corrected chi connectivity index (χ2v) is 5.69. The molecule has 0 heterocycles. The summed E-state index contributed by atoms with van der Waals surface area (Å²) < 4.78 is 0. The predicted molar refractivity (Wildman–Crippen MR) is 86.2 cm³/mol. The Balaban J connectivity index is 2.09. The maximum absolute atomic E-state index is 12.1. The Morgan fingerprint density at radius 2 is 2.00 bits per heavy atom. The second-order valence-electron chi connectivity index (χ2n) is 5.69. The van der Waals surface area contributed by atoms with Gasteiger partial charge in [-0.2, -0.15) is 0 Å². The molecule has 0 N–H and O–H groups in total. The molecule has 1 aromatic carbocycles. The summed E-state index contributed by atoms with van der Waals surface area (Å²) in [6, 6.07) is 9.33. The summed E-state index contributed by atoms with van der Waals surface area (Å²) in [6.07, 6.45) is 11.8. The number of nitrogens with zero attached hydrogens (tertiary/aromatic N) is 2. The lowest BCUT2D eigenvalue weighted by Crippen LogP contribution is -2.19. The zero-order valence-electron chi connectivity index (χ0n) is 13.0. The molecule has 1 aliphatic carbocycles. The van der Waals surface area contributed by atoms with Crippen molar-refractivity contribution < 1.29 is 4.86 Å². The van der Waals surface area contributed by atoms with Crippen LogP contribution in [-0.4, -0.2) is 4.86 Å². The zero-order chi connectivity index (χ0) is 15.1. The first-order valence-electron chi connectivity index (χ1n) is 7.82. The van der Waals surface area contributed by atoms with Crippen LogP contribution in [0.5, 0.6) is 0 Å². The molecule has 0 aliphatic heterocycles. The van der Waals surface area contributed by atoms with Crippen LogP contribution in [-0.2, 0) is 0 Å². The molecule has 3 nitrogen and oxygen atoms in total. The fourth-order valence-corrected chi connectivity index (χ4v) is 2.66. The van der Waals surface area contributed by atoms with Crippen molar-refractivity contribution in [2.45, 2.75) is 46.0 Å². The van der Waals surface area contributed by atoms with E-state index < -0.39 is 0 Å². The van der Waals surface area contributed by atoms with Crippen LogP contribution >= 0.6 is 0 Å². The van der Waals surface area contributed by atoms with Crippen molar-refractivity contribution in [3.8, 4) is 0 Å². The number of benzene rings is 1. The normalized spacial score (nSPS) is 22.2. The number of hydrogen-bond donors (Lipinski definition) is 0. The topological polar surface area (TPSA) is 38.4 Å². The highest BCUT2D eigenvalue weighted by molar-refractivity contribution is 5.34. The number of azo groups is 1. The van der Waals surface area contributed by atoms with Crippen molar-refractivity contribution in [2.75, 3.05) is 0 Å². The van der Waals surface area contributed by atoms with Crippen molar-refractivity contribution in [1.29, 1.82) is 0 Å². The van der Waals surface area contributed by atoms with Crippen molar-refractivity contribution in [1.82, 2.24) is 0 Å². The van der Waals surface area contributed by atoms with Crippen LogP contribution in [0.15, 0.2) is 59.4 Å². The lowest BCUT2D eigenvalue weighted by atomic mass is 9.75. The van der Waals surface area contributed by atoms with Crippen molar-refractivity contribution in [3.05, 3.63) is 59.5 Å². The third-order valence-corrected chi connectivity index (χ3v) is 4.24. The minimum absolute atomic E-state index is 0.229. The van der Waals surface area contributed by atoms with Gasteiger partial charge < -0.3 is 5.21 Å². The smallest absolute Gasteiger partial charge is 0.240 e. The highest BCUT2D eigenvalue weighted by atomic mass is 16.5. The molecule has 21 heavy (non-hydrogen) atoms. The molecule has 1 aliphatic rings. The van der Waals surface area contributed by atoms with Crippen LogP contribution in [0.3, 0.4) is 0 Å². The average molecular weight is 284 g/mol. The second kappa shape index (κ2) is 7.21. The monoisotopic (exact) mass is 284 g/mol. The molecule has 0 aromatic heterocycles. The van der Waals surface area contributed by atoms with E-state index in [2.05, 4.69) is 25.0 Å². The average Bonchev–Trinajstić information content (AvgIpc) is 2.54. The summed E-state index contributed by atoms with van der Waals surface area (Å²) in [5.41, 5.74) is 1.55. The van der Waals surface area contributed by atoms with Gasteiger partial charge in [0.05, 0.1) is 0 Å². The van der Waals surface area contributed by atoms with Crippen molar-refractivity contribution in [3.63, 3.8) is 0 Å². The summed E-state index contributed by atoms with van der Waals surface area (Å²) in [5.74, 6) is 0. The molecule has 0 radical (unpaired) electrons. The molecule has 0 spiro atoms. The van der Waals surface area contributed by atoms with Gasteiger partial charge in [0.1, 0.15) is 5.69 Å². The van der Waals surface area contributed by atoms with E-state index in [-0.39, 0.29) is 5.41 Å². The molecule has 3 heteroatoms. The van der Waals surface area contributed by atoms with E-state index in [1.54, 1.807) is 0 Å². The molecule has 0 saturated carbocycles. The molecular formula is C18H24N2O. The highest BCUT2D eigenvalue weighted by Gasteiger charge is 2.27. The minimum atomic E-state index is 0.229. The standard InChI is InChI=1S/C18H24N2O/c1-3-5-13-18(4-2)14-11-17(12-15-18)20(21)19-16-9-7-6-8-10-16/h6-12,14H,3-5,13,15H2,1-2H3. The van der Waals surface area contributed by atoms with E-state index >= 15 is 0 Å². The molecule has 1 atom stereocenters. The molecule has 1 aromatic rings. The van der Waals surface area contributed by atoms with Gasteiger partial charge in [-0.25, -0.2) is 0 Å². The molecule has 112 valence electrons. The van der Waals surface area contributed by atoms with Gasteiger partial charge in [-0.3, -0.25) is 0 Å². The minimum Gasteiger partial charge on any atom is -0.594 e. The van der Waals surface area contributed by atoms with Crippen LogP contribution in [0.2, 0.25) is 0 Å². The van der Waals surface area contributed by atoms with Crippen molar-refractivity contribution in [2.24, 2.45) is 10.5 Å². The Morgan fingerprint density at radius 3 is 2.57 bits per heavy atom. The van der Waals surface area contributed by atoms with E-state index in [1.807, 2.05) is 42.5 Å². The fraction of sp³-hybridized carbons (Fsp3) is 0.444. The molecule has 0 amide bonds. The first-order valence-corrected chi connectivity index (χ1v) is 7.82. The largest absolute Gasteiger partial charge is 0.594 e. The molecular weight excluding hydrogens is 260 g/mol. The van der Waals surface area contributed by atoms with Crippen LogP contribution in [0.25, 0.3) is 0 Å². The van der Waals surface area contributed by atoms with Gasteiger partial charge in [0, 0.05) is 11.2 Å². The molecule has 2 rings (SSSR count). The van der Waals surface area contributed by atoms with Gasteiger partial charge in [0.15, 0.2) is 0 Å². The fourth-order valence-electron chi connectivity index (χ4n) is 2.66. The van der Waals surface area contributed by atoms with Crippen LogP contribution < -0.4 is 0 Å². The summed E-state index contributed by atoms with van der Waals surface area (Å²) in [4.78, 5) is 0.727. The van der Waals surface area contributed by atoms with Crippen LogP contribution in [0.4, 0.5) is 5.69 Å². The summed E-state index contributed by atoms with van der Waals surface area (Å²) in [5, 5.41) is 16.2. The van der Waals surface area contributed by atoms with Gasteiger partial charge in [0.2, 0.25) is 5.70 Å². The van der Waals surface area contributed by atoms with Gasteiger partial charge in [-0.05, 0) is 42.9 Å². The van der Waals surface area contributed by atoms with Gasteiger partial charge in [0.25, 0.3) is 0 Å². The predicted octanol–water partition coefficient (Wildman–Crippen LogP) is 5.71. The number of unbranched alkanes of at least 4 members (excludes halogenated alkanes) is 1. The summed E-state index contributed by atoms with van der Waals surface area (Å²) in [6.45, 7) is 4.44. The highest BCUT2D eigenvalue weighted by Crippen LogP contribution is 2.38. The quantitative estimate of drug-likeness (QED) is 0.374. The Hall–Kier alpha value is -1.90. The SMILES string of the molecule is CCCCC1(CC)C=CC([N+]([O-])=Nc2ccccc2)=CC1. The number of hydrogen-bond acceptors (Lipinski definition) is 2. The van der Waals surface area contributed by atoms with E-state index in [4.69, 9.17) is 0 Å².